The molecule has 22 heavy (non-hydrogen) atoms. The summed E-state index contributed by atoms with van der Waals surface area (Å²) in [5.74, 6) is 8.50. The van der Waals surface area contributed by atoms with E-state index in [2.05, 4.69) is 27.7 Å². The Kier molecular flexibility index (Phi) is 5.56. The molecule has 3 aliphatic rings. The van der Waals surface area contributed by atoms with Crippen LogP contribution < -0.4 is 0 Å². The Balaban J connectivity index is 1.82. The quantitative estimate of drug-likeness (QED) is 0.528. The molecule has 0 N–H and O–H groups in total. The molecule has 128 valence electrons. The highest BCUT2D eigenvalue weighted by molar-refractivity contribution is 4.98. The fraction of sp³-hybridized carbons (Fsp3) is 1.00. The van der Waals surface area contributed by atoms with Crippen LogP contribution in [-0.2, 0) is 0 Å². The normalized spacial score (nSPS) is 49.1. The van der Waals surface area contributed by atoms with Crippen LogP contribution in [0.3, 0.4) is 0 Å². The average Bonchev–Trinajstić information content (AvgIpc) is 3.00. The second kappa shape index (κ2) is 7.27. The minimum atomic E-state index is 0.996. The van der Waals surface area contributed by atoms with Crippen LogP contribution in [0.2, 0.25) is 0 Å². The minimum absolute atomic E-state index is 0.996. The molecule has 8 atom stereocenters. The van der Waals surface area contributed by atoms with Crippen LogP contribution >= 0.6 is 0 Å². The van der Waals surface area contributed by atoms with Gasteiger partial charge in [-0.2, -0.15) is 0 Å². The van der Waals surface area contributed by atoms with Crippen molar-refractivity contribution in [1.29, 1.82) is 0 Å². The summed E-state index contributed by atoms with van der Waals surface area (Å²) in [7, 11) is 0. The zero-order chi connectivity index (χ0) is 15.7. The van der Waals surface area contributed by atoms with Gasteiger partial charge < -0.3 is 0 Å². The van der Waals surface area contributed by atoms with Gasteiger partial charge in [-0.15, -0.1) is 0 Å². The van der Waals surface area contributed by atoms with Crippen molar-refractivity contribution >= 4 is 0 Å². The van der Waals surface area contributed by atoms with Crippen molar-refractivity contribution in [3.8, 4) is 0 Å². The van der Waals surface area contributed by atoms with E-state index in [4.69, 9.17) is 0 Å². The monoisotopic (exact) mass is 304 g/mol. The van der Waals surface area contributed by atoms with Crippen molar-refractivity contribution < 1.29 is 0 Å². The third-order valence-corrected chi connectivity index (χ3v) is 8.33. The van der Waals surface area contributed by atoms with E-state index in [1.807, 2.05) is 0 Å². The van der Waals surface area contributed by atoms with Gasteiger partial charge in [-0.25, -0.2) is 0 Å². The summed E-state index contributed by atoms with van der Waals surface area (Å²) in [6.45, 7) is 9.98. The smallest absolute Gasteiger partial charge is 0.0321 e. The summed E-state index contributed by atoms with van der Waals surface area (Å²) < 4.78 is 0. The predicted octanol–water partition coefficient (Wildman–Crippen LogP) is 6.94. The maximum Gasteiger partial charge on any atom is -0.0321 e. The first-order chi connectivity index (χ1) is 10.7. The van der Waals surface area contributed by atoms with Gasteiger partial charge in [0.05, 0.1) is 0 Å². The fourth-order valence-electron chi connectivity index (χ4n) is 7.26. The molecule has 3 saturated carbocycles. The Morgan fingerprint density at radius 2 is 1.59 bits per heavy atom. The summed E-state index contributed by atoms with van der Waals surface area (Å²) in [5.41, 5.74) is 0. The molecule has 3 rings (SSSR count). The van der Waals surface area contributed by atoms with E-state index in [0.29, 0.717) is 0 Å². The minimum Gasteiger partial charge on any atom is -0.0651 e. The molecule has 0 aromatic carbocycles. The topological polar surface area (TPSA) is 0 Å². The lowest BCUT2D eigenvalue weighted by Gasteiger charge is -2.51. The molecule has 0 saturated heterocycles. The van der Waals surface area contributed by atoms with Crippen LogP contribution in [0.1, 0.15) is 91.9 Å². The van der Waals surface area contributed by atoms with Crippen molar-refractivity contribution in [2.75, 3.05) is 0 Å². The molecule has 0 spiro atoms. The first-order valence-corrected chi connectivity index (χ1v) is 10.7. The van der Waals surface area contributed by atoms with Crippen molar-refractivity contribution in [2.45, 2.75) is 91.9 Å². The van der Waals surface area contributed by atoms with Gasteiger partial charge in [-0.3, -0.25) is 0 Å². The van der Waals surface area contributed by atoms with Gasteiger partial charge in [-0.05, 0) is 73.0 Å². The Labute approximate surface area is 139 Å². The van der Waals surface area contributed by atoms with E-state index in [0.717, 1.165) is 47.3 Å². The first kappa shape index (κ1) is 16.8. The molecular formula is C22H40. The van der Waals surface area contributed by atoms with Gasteiger partial charge in [-0.1, -0.05) is 66.2 Å². The van der Waals surface area contributed by atoms with Gasteiger partial charge in [0.25, 0.3) is 0 Å². The highest BCUT2D eigenvalue weighted by atomic mass is 14.5. The summed E-state index contributed by atoms with van der Waals surface area (Å²) in [6, 6.07) is 0. The largest absolute Gasteiger partial charge is 0.0651 e. The lowest BCUT2D eigenvalue weighted by atomic mass is 9.54. The van der Waals surface area contributed by atoms with Gasteiger partial charge >= 0.3 is 0 Å². The molecule has 0 aromatic heterocycles. The van der Waals surface area contributed by atoms with E-state index in [1.54, 1.807) is 32.1 Å². The van der Waals surface area contributed by atoms with Crippen molar-refractivity contribution in [2.24, 2.45) is 47.3 Å². The Bertz CT molecular complexity index is 344. The molecule has 3 fully saturated rings. The zero-order valence-electron chi connectivity index (χ0n) is 15.7. The molecule has 3 aliphatic carbocycles. The molecule has 0 heteroatoms. The summed E-state index contributed by atoms with van der Waals surface area (Å²) in [6.07, 6.45) is 15.2. The Hall–Kier alpha value is 0. The molecule has 0 bridgehead atoms. The van der Waals surface area contributed by atoms with Gasteiger partial charge in [0, 0.05) is 0 Å². The molecule has 0 nitrogen and oxygen atoms in total. The Morgan fingerprint density at radius 1 is 0.773 bits per heavy atom. The number of fused-ring (bicyclic) bond motifs is 1. The molecule has 0 amide bonds. The van der Waals surface area contributed by atoms with Crippen molar-refractivity contribution in [3.05, 3.63) is 0 Å². The van der Waals surface area contributed by atoms with Crippen LogP contribution in [0.4, 0.5) is 0 Å². The van der Waals surface area contributed by atoms with E-state index >= 15 is 0 Å². The average molecular weight is 305 g/mol. The van der Waals surface area contributed by atoms with E-state index < -0.39 is 0 Å². The summed E-state index contributed by atoms with van der Waals surface area (Å²) in [5, 5.41) is 0. The van der Waals surface area contributed by atoms with E-state index in [9.17, 15) is 0 Å². The van der Waals surface area contributed by atoms with Crippen LogP contribution in [-0.4, -0.2) is 0 Å². The third-order valence-electron chi connectivity index (χ3n) is 8.33. The standard InChI is InChI=1S/C22H40/c1-5-16-11-12-21(17(6-2)14-16)22-19(7-3)15(4)13-18-9-8-10-20(18)22/h15-22H,5-14H2,1-4H3. The molecule has 8 unspecified atom stereocenters. The molecule has 0 aliphatic heterocycles. The van der Waals surface area contributed by atoms with E-state index in [1.165, 1.54) is 32.1 Å². The SMILES string of the molecule is CCC1CCC(C2C(CC)C(C)CC3CCCC32)C(CC)C1. The van der Waals surface area contributed by atoms with Crippen LogP contribution in [0, 0.1) is 47.3 Å². The number of hydrogen-bond acceptors (Lipinski definition) is 0. The number of rotatable bonds is 4. The van der Waals surface area contributed by atoms with Crippen LogP contribution in [0.25, 0.3) is 0 Å². The third kappa shape index (κ3) is 3.01. The second-order valence-electron chi connectivity index (χ2n) is 9.14. The van der Waals surface area contributed by atoms with Crippen LogP contribution in [0.15, 0.2) is 0 Å². The second-order valence-corrected chi connectivity index (χ2v) is 9.14. The molecule has 0 radical (unpaired) electrons. The Morgan fingerprint density at radius 3 is 2.27 bits per heavy atom. The number of hydrogen-bond donors (Lipinski definition) is 0. The van der Waals surface area contributed by atoms with Gasteiger partial charge in [0.2, 0.25) is 0 Å². The lowest BCUT2D eigenvalue weighted by molar-refractivity contribution is -0.0250. The summed E-state index contributed by atoms with van der Waals surface area (Å²) >= 11 is 0. The first-order valence-electron chi connectivity index (χ1n) is 10.7. The van der Waals surface area contributed by atoms with Crippen LogP contribution in [0.5, 0.6) is 0 Å². The molecule has 0 aromatic rings. The van der Waals surface area contributed by atoms with Gasteiger partial charge in [0.15, 0.2) is 0 Å². The predicted molar refractivity (Wildman–Crippen MR) is 96.8 cm³/mol. The maximum absolute atomic E-state index is 2.59. The molecular weight excluding hydrogens is 264 g/mol. The van der Waals surface area contributed by atoms with E-state index in [-0.39, 0.29) is 0 Å². The highest BCUT2D eigenvalue weighted by Gasteiger charge is 2.49. The maximum atomic E-state index is 2.59. The lowest BCUT2D eigenvalue weighted by Crippen LogP contribution is -2.44. The highest BCUT2D eigenvalue weighted by Crippen LogP contribution is 2.57. The van der Waals surface area contributed by atoms with Gasteiger partial charge in [0.1, 0.15) is 0 Å². The zero-order valence-corrected chi connectivity index (χ0v) is 15.7. The fourth-order valence-corrected chi connectivity index (χ4v) is 7.26. The van der Waals surface area contributed by atoms with Crippen molar-refractivity contribution in [3.63, 3.8) is 0 Å². The molecule has 0 heterocycles. The van der Waals surface area contributed by atoms with Crippen molar-refractivity contribution in [1.82, 2.24) is 0 Å². The summed E-state index contributed by atoms with van der Waals surface area (Å²) in [4.78, 5) is 0.